The number of likely N-dealkylation sites (tertiary alicyclic amines) is 1. The Kier molecular flexibility index (Phi) is 5.34. The zero-order valence-electron chi connectivity index (χ0n) is 17.5. The van der Waals surface area contributed by atoms with Crippen LogP contribution in [0.2, 0.25) is 0 Å². The van der Waals surface area contributed by atoms with Crippen LogP contribution in [-0.2, 0) is 16.1 Å². The van der Waals surface area contributed by atoms with Crippen molar-refractivity contribution in [3.8, 4) is 11.5 Å². The number of hydrogen-bond acceptors (Lipinski definition) is 3. The summed E-state index contributed by atoms with van der Waals surface area (Å²) in [7, 11) is 0. The molecule has 1 aliphatic heterocycles. The van der Waals surface area contributed by atoms with Gasteiger partial charge < -0.3 is 19.9 Å². The van der Waals surface area contributed by atoms with E-state index in [-0.39, 0.29) is 11.8 Å². The Morgan fingerprint density at radius 2 is 1.69 bits per heavy atom. The Labute approximate surface area is 185 Å². The van der Waals surface area contributed by atoms with E-state index in [9.17, 15) is 9.59 Å². The van der Waals surface area contributed by atoms with Gasteiger partial charge >= 0.3 is 0 Å². The first kappa shape index (κ1) is 19.9. The molecule has 1 fully saturated rings. The van der Waals surface area contributed by atoms with E-state index >= 15 is 0 Å². The molecule has 0 bridgehead atoms. The highest BCUT2D eigenvalue weighted by Gasteiger charge is 2.36. The minimum Gasteiger partial charge on any atom is -0.457 e. The van der Waals surface area contributed by atoms with Crippen LogP contribution < -0.4 is 10.1 Å². The number of carbonyl (C=O) groups excluding carboxylic acids is 2. The molecule has 0 radical (unpaired) electrons. The van der Waals surface area contributed by atoms with Crippen LogP contribution in [0.1, 0.15) is 18.4 Å². The summed E-state index contributed by atoms with van der Waals surface area (Å²) >= 11 is 0. The number of hydrogen-bond donors (Lipinski definition) is 2. The molecule has 1 aliphatic rings. The van der Waals surface area contributed by atoms with E-state index in [2.05, 4.69) is 10.3 Å². The highest BCUT2D eigenvalue weighted by Crippen LogP contribution is 2.27. The van der Waals surface area contributed by atoms with Crippen molar-refractivity contribution in [3.05, 3.63) is 90.6 Å². The van der Waals surface area contributed by atoms with Gasteiger partial charge in [-0.2, -0.15) is 0 Å². The van der Waals surface area contributed by atoms with Gasteiger partial charge in [-0.25, -0.2) is 0 Å². The maximum Gasteiger partial charge on any atom is 0.247 e. The average Bonchev–Trinajstić information content (AvgIpc) is 3.40. The number of H-pyrrole nitrogens is 1. The second-order valence-electron chi connectivity index (χ2n) is 7.86. The van der Waals surface area contributed by atoms with Gasteiger partial charge in [-0.15, -0.1) is 0 Å². The lowest BCUT2D eigenvalue weighted by molar-refractivity contribution is -0.133. The van der Waals surface area contributed by atoms with Crippen molar-refractivity contribution < 1.29 is 14.3 Å². The smallest absolute Gasteiger partial charge is 0.247 e. The average molecular weight is 425 g/mol. The van der Waals surface area contributed by atoms with Crippen LogP contribution in [0.3, 0.4) is 0 Å². The summed E-state index contributed by atoms with van der Waals surface area (Å²) in [6.07, 6.45) is 2.81. The highest BCUT2D eigenvalue weighted by molar-refractivity contribution is 5.99. The summed E-state index contributed by atoms with van der Waals surface area (Å²) in [5, 5.41) is 4.02. The van der Waals surface area contributed by atoms with Gasteiger partial charge in [0.15, 0.2) is 0 Å². The highest BCUT2D eigenvalue weighted by atomic mass is 16.5. The summed E-state index contributed by atoms with van der Waals surface area (Å²) in [4.78, 5) is 30.4. The van der Waals surface area contributed by atoms with Crippen LogP contribution in [0.5, 0.6) is 11.5 Å². The Morgan fingerprint density at radius 3 is 2.50 bits per heavy atom. The molecule has 32 heavy (non-hydrogen) atoms. The Bertz CT molecular complexity index is 1250. The number of nitrogens with one attached hydrogen (secondary N) is 2. The van der Waals surface area contributed by atoms with Crippen LogP contribution >= 0.6 is 0 Å². The predicted octanol–water partition coefficient (Wildman–Crippen LogP) is 5.09. The van der Waals surface area contributed by atoms with Crippen molar-refractivity contribution in [2.75, 3.05) is 5.32 Å². The monoisotopic (exact) mass is 425 g/mol. The minimum atomic E-state index is -0.489. The standard InChI is InChI=1S/C26H23N3O3/c30-25-15-14-24(29(25)17-18-16-27-23-9-5-4-8-22(18)23)26(31)28-19-10-12-21(13-11-19)32-20-6-2-1-3-7-20/h1-13,16,24,27H,14-15,17H2,(H,28,31). The summed E-state index contributed by atoms with van der Waals surface area (Å²) in [5.41, 5.74) is 2.70. The number of carbonyl (C=O) groups is 2. The van der Waals surface area contributed by atoms with E-state index in [0.29, 0.717) is 30.8 Å². The van der Waals surface area contributed by atoms with Crippen molar-refractivity contribution in [1.29, 1.82) is 0 Å². The fraction of sp³-hybridized carbons (Fsp3) is 0.154. The van der Waals surface area contributed by atoms with Gasteiger partial charge in [0.2, 0.25) is 11.8 Å². The van der Waals surface area contributed by atoms with Crippen molar-refractivity contribution in [1.82, 2.24) is 9.88 Å². The number of ether oxygens (including phenoxy) is 1. The van der Waals surface area contributed by atoms with Crippen molar-refractivity contribution in [2.45, 2.75) is 25.4 Å². The summed E-state index contributed by atoms with van der Waals surface area (Å²) in [5.74, 6) is 1.27. The number of anilines is 1. The molecule has 0 saturated carbocycles. The number of aromatic amines is 1. The van der Waals surface area contributed by atoms with E-state index in [1.807, 2.05) is 72.9 Å². The third-order valence-electron chi connectivity index (χ3n) is 5.75. The van der Waals surface area contributed by atoms with Crippen molar-refractivity contribution in [3.63, 3.8) is 0 Å². The molecule has 6 nitrogen and oxygen atoms in total. The van der Waals surface area contributed by atoms with Gasteiger partial charge in [-0.1, -0.05) is 36.4 Å². The Hall–Kier alpha value is -4.06. The van der Waals surface area contributed by atoms with Crippen LogP contribution in [0.25, 0.3) is 10.9 Å². The van der Waals surface area contributed by atoms with Crippen LogP contribution in [0.15, 0.2) is 85.1 Å². The van der Waals surface area contributed by atoms with Crippen LogP contribution in [0.4, 0.5) is 5.69 Å². The fourth-order valence-electron chi connectivity index (χ4n) is 4.11. The fourth-order valence-corrected chi connectivity index (χ4v) is 4.11. The van der Waals surface area contributed by atoms with Gasteiger partial charge in [0.25, 0.3) is 0 Å². The van der Waals surface area contributed by atoms with Gasteiger partial charge in [0.05, 0.1) is 0 Å². The maximum atomic E-state index is 13.0. The number of para-hydroxylation sites is 2. The van der Waals surface area contributed by atoms with Gasteiger partial charge in [-0.05, 0) is 54.4 Å². The predicted molar refractivity (Wildman–Crippen MR) is 123 cm³/mol. The first-order valence-corrected chi connectivity index (χ1v) is 10.7. The summed E-state index contributed by atoms with van der Waals surface area (Å²) in [6, 6.07) is 24.2. The molecule has 1 aromatic heterocycles. The largest absolute Gasteiger partial charge is 0.457 e. The molecule has 4 aromatic rings. The summed E-state index contributed by atoms with van der Waals surface area (Å²) < 4.78 is 5.79. The molecule has 0 aliphatic carbocycles. The molecular formula is C26H23N3O3. The molecular weight excluding hydrogens is 402 g/mol. The van der Waals surface area contributed by atoms with E-state index in [4.69, 9.17) is 4.74 Å². The number of nitrogens with zero attached hydrogens (tertiary/aromatic N) is 1. The Morgan fingerprint density at radius 1 is 0.969 bits per heavy atom. The number of aromatic nitrogens is 1. The van der Waals surface area contributed by atoms with Crippen molar-refractivity contribution in [2.24, 2.45) is 0 Å². The lowest BCUT2D eigenvalue weighted by Gasteiger charge is -2.24. The first-order chi connectivity index (χ1) is 15.7. The second kappa shape index (κ2) is 8.59. The van der Waals surface area contributed by atoms with E-state index < -0.39 is 6.04 Å². The SMILES string of the molecule is O=C(Nc1ccc(Oc2ccccc2)cc1)C1CCC(=O)N1Cc1c[nH]c2ccccc12. The number of rotatable bonds is 6. The maximum absolute atomic E-state index is 13.0. The first-order valence-electron chi connectivity index (χ1n) is 10.7. The third kappa shape index (κ3) is 4.07. The van der Waals surface area contributed by atoms with Crippen LogP contribution in [-0.4, -0.2) is 27.7 Å². The molecule has 3 aromatic carbocycles. The molecule has 5 rings (SSSR count). The van der Waals surface area contributed by atoms with Gasteiger partial charge in [0.1, 0.15) is 17.5 Å². The molecule has 160 valence electrons. The van der Waals surface area contributed by atoms with E-state index in [0.717, 1.165) is 22.2 Å². The zero-order valence-corrected chi connectivity index (χ0v) is 17.5. The molecule has 2 heterocycles. The topological polar surface area (TPSA) is 74.4 Å². The van der Waals surface area contributed by atoms with E-state index in [1.165, 1.54) is 0 Å². The number of benzene rings is 3. The third-order valence-corrected chi connectivity index (χ3v) is 5.75. The van der Waals surface area contributed by atoms with Gasteiger partial charge in [0, 0.05) is 35.8 Å². The Balaban J connectivity index is 1.26. The minimum absolute atomic E-state index is 0.00189. The van der Waals surface area contributed by atoms with Crippen LogP contribution in [0, 0.1) is 0 Å². The lowest BCUT2D eigenvalue weighted by Crippen LogP contribution is -2.41. The lowest BCUT2D eigenvalue weighted by atomic mass is 10.1. The molecule has 1 unspecified atom stereocenters. The normalized spacial score (nSPS) is 15.8. The molecule has 6 heteroatoms. The molecule has 1 saturated heterocycles. The molecule has 0 spiro atoms. The molecule has 2 amide bonds. The molecule has 1 atom stereocenters. The number of amides is 2. The zero-order chi connectivity index (χ0) is 21.9. The molecule has 2 N–H and O–H groups in total. The van der Waals surface area contributed by atoms with Gasteiger partial charge in [-0.3, -0.25) is 9.59 Å². The quantitative estimate of drug-likeness (QED) is 0.452. The number of fused-ring (bicyclic) bond motifs is 1. The van der Waals surface area contributed by atoms with E-state index in [1.54, 1.807) is 17.0 Å². The van der Waals surface area contributed by atoms with Crippen molar-refractivity contribution >= 4 is 28.4 Å². The second-order valence-corrected chi connectivity index (χ2v) is 7.86. The summed E-state index contributed by atoms with van der Waals surface area (Å²) in [6.45, 7) is 0.408.